The Labute approximate surface area is 133 Å². The van der Waals surface area contributed by atoms with E-state index in [-0.39, 0.29) is 29.8 Å². The first kappa shape index (κ1) is 15.4. The standard InChI is InChI=1S/C17H18FN3O2/c18-14-5-3-12(4-6-14)10-16(22)21-9-1-2-13(11-21)15-7-8-19-17(23)20-15/h3-8,13H,1-2,9-11H2,(H,19,20,23). The molecule has 0 bridgehead atoms. The second-order valence-electron chi connectivity index (χ2n) is 5.81. The lowest BCUT2D eigenvalue weighted by molar-refractivity contribution is -0.131. The molecule has 2 heterocycles. The van der Waals surface area contributed by atoms with Crippen molar-refractivity contribution in [1.29, 1.82) is 0 Å². The van der Waals surface area contributed by atoms with Crippen LogP contribution >= 0.6 is 0 Å². The molecule has 1 aliphatic rings. The Kier molecular flexibility index (Phi) is 4.50. The summed E-state index contributed by atoms with van der Waals surface area (Å²) in [5.74, 6) is -0.157. The molecule has 5 nitrogen and oxygen atoms in total. The summed E-state index contributed by atoms with van der Waals surface area (Å²) in [4.78, 5) is 32.0. The van der Waals surface area contributed by atoms with Crippen LogP contribution in [0.4, 0.5) is 4.39 Å². The quantitative estimate of drug-likeness (QED) is 0.940. The number of likely N-dealkylation sites (tertiary alicyclic amines) is 1. The maximum absolute atomic E-state index is 12.9. The van der Waals surface area contributed by atoms with Gasteiger partial charge in [0.1, 0.15) is 5.82 Å². The van der Waals surface area contributed by atoms with Gasteiger partial charge in [-0.15, -0.1) is 0 Å². The molecule has 2 aromatic rings. The van der Waals surface area contributed by atoms with Gasteiger partial charge in [-0.3, -0.25) is 4.79 Å². The minimum Gasteiger partial charge on any atom is -0.342 e. The third-order valence-corrected chi connectivity index (χ3v) is 4.18. The average molecular weight is 315 g/mol. The molecule has 0 saturated carbocycles. The Morgan fingerprint density at radius 2 is 2.09 bits per heavy atom. The van der Waals surface area contributed by atoms with Crippen LogP contribution in [0, 0.1) is 5.82 Å². The predicted octanol–water partition coefficient (Wildman–Crippen LogP) is 1.86. The summed E-state index contributed by atoms with van der Waals surface area (Å²) >= 11 is 0. The maximum atomic E-state index is 12.9. The van der Waals surface area contributed by atoms with E-state index < -0.39 is 0 Å². The first-order chi connectivity index (χ1) is 11.1. The number of benzene rings is 1. The van der Waals surface area contributed by atoms with Crippen molar-refractivity contribution in [2.75, 3.05) is 13.1 Å². The van der Waals surface area contributed by atoms with Gasteiger partial charge in [0.05, 0.1) is 6.42 Å². The molecule has 0 spiro atoms. The summed E-state index contributed by atoms with van der Waals surface area (Å²) < 4.78 is 12.9. The number of hydrogen-bond donors (Lipinski definition) is 1. The summed E-state index contributed by atoms with van der Waals surface area (Å²) in [6.45, 7) is 1.30. The van der Waals surface area contributed by atoms with Crippen LogP contribution in [-0.4, -0.2) is 33.9 Å². The summed E-state index contributed by atoms with van der Waals surface area (Å²) in [7, 11) is 0. The molecule has 1 N–H and O–H groups in total. The molecule has 1 saturated heterocycles. The molecular formula is C17H18FN3O2. The van der Waals surface area contributed by atoms with Gasteiger partial charge >= 0.3 is 5.69 Å². The molecule has 120 valence electrons. The molecule has 1 amide bonds. The SMILES string of the molecule is O=C(Cc1ccc(F)cc1)N1CCCC(c2ccnc(=O)[nH]2)C1. The van der Waals surface area contributed by atoms with Crippen LogP contribution in [0.25, 0.3) is 0 Å². The highest BCUT2D eigenvalue weighted by molar-refractivity contribution is 5.79. The van der Waals surface area contributed by atoms with Crippen molar-refractivity contribution in [2.24, 2.45) is 0 Å². The Morgan fingerprint density at radius 3 is 2.83 bits per heavy atom. The van der Waals surface area contributed by atoms with Gasteiger partial charge in [0.15, 0.2) is 0 Å². The number of rotatable bonds is 3. The molecule has 1 atom stereocenters. The number of halogens is 1. The zero-order chi connectivity index (χ0) is 16.2. The summed E-state index contributed by atoms with van der Waals surface area (Å²) in [6.07, 6.45) is 3.58. The van der Waals surface area contributed by atoms with Crippen LogP contribution in [0.15, 0.2) is 41.3 Å². The normalized spacial score (nSPS) is 18.0. The lowest BCUT2D eigenvalue weighted by atomic mass is 9.94. The summed E-state index contributed by atoms with van der Waals surface area (Å²) in [6, 6.07) is 7.79. The topological polar surface area (TPSA) is 66.1 Å². The van der Waals surface area contributed by atoms with Crippen molar-refractivity contribution < 1.29 is 9.18 Å². The predicted molar refractivity (Wildman–Crippen MR) is 83.5 cm³/mol. The van der Waals surface area contributed by atoms with Crippen molar-refractivity contribution in [3.8, 4) is 0 Å². The zero-order valence-corrected chi connectivity index (χ0v) is 12.7. The van der Waals surface area contributed by atoms with Crippen LogP contribution < -0.4 is 5.69 Å². The molecule has 0 radical (unpaired) electrons. The number of piperidine rings is 1. The van der Waals surface area contributed by atoms with Crippen LogP contribution in [0.5, 0.6) is 0 Å². The van der Waals surface area contributed by atoms with Crippen LogP contribution in [0.3, 0.4) is 0 Å². The van der Waals surface area contributed by atoms with E-state index in [1.807, 2.05) is 4.90 Å². The Morgan fingerprint density at radius 1 is 1.30 bits per heavy atom. The third kappa shape index (κ3) is 3.83. The highest BCUT2D eigenvalue weighted by Crippen LogP contribution is 2.25. The molecule has 6 heteroatoms. The number of nitrogens with one attached hydrogen (secondary N) is 1. The maximum Gasteiger partial charge on any atom is 0.345 e. The highest BCUT2D eigenvalue weighted by Gasteiger charge is 2.25. The largest absolute Gasteiger partial charge is 0.345 e. The summed E-state index contributed by atoms with van der Waals surface area (Å²) in [5.41, 5.74) is 1.26. The van der Waals surface area contributed by atoms with Crippen molar-refractivity contribution in [3.05, 3.63) is 64.1 Å². The highest BCUT2D eigenvalue weighted by atomic mass is 19.1. The number of carbonyl (C=O) groups excluding carboxylic acids is 1. The van der Waals surface area contributed by atoms with E-state index >= 15 is 0 Å². The van der Waals surface area contributed by atoms with Gasteiger partial charge in [-0.05, 0) is 36.6 Å². The van der Waals surface area contributed by atoms with Crippen molar-refractivity contribution in [3.63, 3.8) is 0 Å². The van der Waals surface area contributed by atoms with E-state index in [0.717, 1.165) is 24.1 Å². The third-order valence-electron chi connectivity index (χ3n) is 4.18. The van der Waals surface area contributed by atoms with E-state index in [0.29, 0.717) is 13.1 Å². The Bertz CT molecular complexity index is 742. The van der Waals surface area contributed by atoms with Crippen molar-refractivity contribution in [2.45, 2.75) is 25.2 Å². The van der Waals surface area contributed by atoms with Crippen molar-refractivity contribution >= 4 is 5.91 Å². The van der Waals surface area contributed by atoms with E-state index in [2.05, 4.69) is 9.97 Å². The number of carbonyl (C=O) groups is 1. The minimum absolute atomic E-state index is 0.0257. The van der Waals surface area contributed by atoms with E-state index in [1.54, 1.807) is 18.2 Å². The fraction of sp³-hybridized carbons (Fsp3) is 0.353. The van der Waals surface area contributed by atoms with Crippen molar-refractivity contribution in [1.82, 2.24) is 14.9 Å². The number of amides is 1. The number of aromatic amines is 1. The number of hydrogen-bond acceptors (Lipinski definition) is 3. The molecule has 1 aliphatic heterocycles. The van der Waals surface area contributed by atoms with E-state index in [9.17, 15) is 14.0 Å². The lowest BCUT2D eigenvalue weighted by Crippen LogP contribution is -2.40. The average Bonchev–Trinajstić information content (AvgIpc) is 2.57. The first-order valence-corrected chi connectivity index (χ1v) is 7.69. The van der Waals surface area contributed by atoms with E-state index in [4.69, 9.17) is 0 Å². The van der Waals surface area contributed by atoms with Gasteiger partial charge in [-0.25, -0.2) is 14.2 Å². The molecule has 3 rings (SSSR count). The molecule has 1 unspecified atom stereocenters. The number of aromatic nitrogens is 2. The molecule has 0 aliphatic carbocycles. The monoisotopic (exact) mass is 315 g/mol. The Balaban J connectivity index is 1.67. The molecule has 1 fully saturated rings. The van der Waals surface area contributed by atoms with E-state index in [1.165, 1.54) is 18.3 Å². The van der Waals surface area contributed by atoms with Crippen LogP contribution in [-0.2, 0) is 11.2 Å². The zero-order valence-electron chi connectivity index (χ0n) is 12.7. The second kappa shape index (κ2) is 6.73. The second-order valence-corrected chi connectivity index (χ2v) is 5.81. The Hall–Kier alpha value is -2.50. The molecular weight excluding hydrogens is 297 g/mol. The molecule has 1 aromatic heterocycles. The molecule has 1 aromatic carbocycles. The van der Waals surface area contributed by atoms with Crippen LogP contribution in [0.1, 0.15) is 30.0 Å². The van der Waals surface area contributed by atoms with Gasteiger partial charge in [-0.1, -0.05) is 12.1 Å². The smallest absolute Gasteiger partial charge is 0.342 e. The first-order valence-electron chi connectivity index (χ1n) is 7.69. The molecule has 23 heavy (non-hydrogen) atoms. The lowest BCUT2D eigenvalue weighted by Gasteiger charge is -2.32. The van der Waals surface area contributed by atoms with Gasteiger partial charge in [0.25, 0.3) is 0 Å². The fourth-order valence-corrected chi connectivity index (χ4v) is 2.97. The van der Waals surface area contributed by atoms with Gasteiger partial charge in [-0.2, -0.15) is 0 Å². The van der Waals surface area contributed by atoms with Crippen LogP contribution in [0.2, 0.25) is 0 Å². The van der Waals surface area contributed by atoms with Gasteiger partial charge in [0, 0.05) is 30.9 Å². The summed E-state index contributed by atoms with van der Waals surface area (Å²) in [5, 5.41) is 0. The fourth-order valence-electron chi connectivity index (χ4n) is 2.97. The minimum atomic E-state index is -0.364. The van der Waals surface area contributed by atoms with Gasteiger partial charge < -0.3 is 9.88 Å². The number of nitrogens with zero attached hydrogens (tertiary/aromatic N) is 2. The van der Waals surface area contributed by atoms with Gasteiger partial charge in [0.2, 0.25) is 5.91 Å². The number of H-pyrrole nitrogens is 1.